The number of rotatable bonds is 4. The van der Waals surface area contributed by atoms with Gasteiger partial charge in [0.05, 0.1) is 6.61 Å². The van der Waals surface area contributed by atoms with Gasteiger partial charge in [0.15, 0.2) is 0 Å². The Hall–Kier alpha value is -2.10. The van der Waals surface area contributed by atoms with E-state index in [9.17, 15) is 0 Å². The molecule has 4 heteroatoms. The van der Waals surface area contributed by atoms with Crippen LogP contribution in [0.25, 0.3) is 0 Å². The van der Waals surface area contributed by atoms with E-state index in [2.05, 4.69) is 15.3 Å². The molecule has 0 saturated carbocycles. The molecule has 1 heterocycles. The normalized spacial score (nSPS) is 9.81. The molecule has 4 nitrogen and oxygen atoms in total. The Morgan fingerprint density at radius 2 is 2.00 bits per heavy atom. The van der Waals surface area contributed by atoms with Crippen molar-refractivity contribution in [3.05, 3.63) is 42.6 Å². The molecule has 0 atom stereocenters. The van der Waals surface area contributed by atoms with Crippen LogP contribution in [0.1, 0.15) is 6.92 Å². The molecule has 0 fully saturated rings. The summed E-state index contributed by atoms with van der Waals surface area (Å²) in [6, 6.07) is 11.5. The molecule has 0 amide bonds. The number of nitrogens with one attached hydrogen (secondary N) is 1. The Bertz CT molecular complexity index is 445. The number of benzene rings is 1. The van der Waals surface area contributed by atoms with Gasteiger partial charge in [-0.3, -0.25) is 0 Å². The first-order valence-corrected chi connectivity index (χ1v) is 5.16. The molecule has 0 aliphatic rings. The van der Waals surface area contributed by atoms with E-state index < -0.39 is 0 Å². The molecule has 1 N–H and O–H groups in total. The van der Waals surface area contributed by atoms with E-state index >= 15 is 0 Å². The van der Waals surface area contributed by atoms with Crippen molar-refractivity contribution < 1.29 is 4.74 Å². The predicted molar refractivity (Wildman–Crippen MR) is 62.9 cm³/mol. The molecule has 2 rings (SSSR count). The fourth-order valence-corrected chi connectivity index (χ4v) is 1.28. The lowest BCUT2D eigenvalue weighted by atomic mass is 10.3. The fraction of sp³-hybridized carbons (Fsp3) is 0.167. The van der Waals surface area contributed by atoms with Crippen molar-refractivity contribution in [3.63, 3.8) is 0 Å². The molecule has 0 aliphatic heterocycles. The molecule has 82 valence electrons. The van der Waals surface area contributed by atoms with Gasteiger partial charge in [-0.05, 0) is 19.1 Å². The van der Waals surface area contributed by atoms with Crippen LogP contribution in [0.2, 0.25) is 0 Å². The minimum atomic E-state index is 0.539. The van der Waals surface area contributed by atoms with Crippen molar-refractivity contribution in [1.29, 1.82) is 0 Å². The molecule has 0 saturated heterocycles. The van der Waals surface area contributed by atoms with Crippen molar-refractivity contribution in [1.82, 2.24) is 9.97 Å². The Balaban J connectivity index is 2.12. The van der Waals surface area contributed by atoms with Gasteiger partial charge in [-0.1, -0.05) is 18.2 Å². The third kappa shape index (κ3) is 2.70. The molecular formula is C12H13N3O. The summed E-state index contributed by atoms with van der Waals surface area (Å²) in [7, 11) is 0. The summed E-state index contributed by atoms with van der Waals surface area (Å²) >= 11 is 0. The molecule has 1 aromatic heterocycles. The molecule has 0 radical (unpaired) electrons. The number of aromatic nitrogens is 2. The zero-order valence-corrected chi connectivity index (χ0v) is 9.05. The zero-order valence-electron chi connectivity index (χ0n) is 9.05. The Morgan fingerprint density at radius 1 is 1.19 bits per heavy atom. The van der Waals surface area contributed by atoms with Gasteiger partial charge in [0, 0.05) is 18.0 Å². The van der Waals surface area contributed by atoms with E-state index in [1.54, 1.807) is 12.3 Å². The number of hydrogen-bond acceptors (Lipinski definition) is 4. The zero-order chi connectivity index (χ0) is 11.2. The Morgan fingerprint density at radius 3 is 2.75 bits per heavy atom. The number of ether oxygens (including phenoxy) is 1. The number of anilines is 2. The lowest BCUT2D eigenvalue weighted by molar-refractivity contribution is 0.327. The summed E-state index contributed by atoms with van der Waals surface area (Å²) in [6.07, 6.45) is 1.67. The third-order valence-corrected chi connectivity index (χ3v) is 1.95. The van der Waals surface area contributed by atoms with Crippen LogP contribution in [0.15, 0.2) is 42.6 Å². The highest BCUT2D eigenvalue weighted by molar-refractivity contribution is 5.52. The summed E-state index contributed by atoms with van der Waals surface area (Å²) in [6.45, 7) is 2.52. The molecule has 1 aromatic carbocycles. The topological polar surface area (TPSA) is 47.0 Å². The molecule has 0 bridgehead atoms. The average molecular weight is 215 g/mol. The first-order valence-electron chi connectivity index (χ1n) is 5.16. The van der Waals surface area contributed by atoms with Gasteiger partial charge in [-0.25, -0.2) is 4.98 Å². The van der Waals surface area contributed by atoms with Crippen LogP contribution in [0, 0.1) is 0 Å². The molecule has 0 aliphatic carbocycles. The maximum absolute atomic E-state index is 5.29. The van der Waals surface area contributed by atoms with E-state index in [1.807, 2.05) is 37.3 Å². The second-order valence-electron chi connectivity index (χ2n) is 3.14. The van der Waals surface area contributed by atoms with Gasteiger partial charge < -0.3 is 10.1 Å². The lowest BCUT2D eigenvalue weighted by Gasteiger charge is -2.06. The van der Waals surface area contributed by atoms with Gasteiger partial charge >= 0.3 is 0 Å². The summed E-state index contributed by atoms with van der Waals surface area (Å²) in [5.74, 6) is 1.12. The van der Waals surface area contributed by atoms with Crippen molar-refractivity contribution in [3.8, 4) is 5.88 Å². The molecule has 2 aromatic rings. The SMILES string of the molecule is CCOc1ccnc(Nc2ccccc2)n1. The van der Waals surface area contributed by atoms with Gasteiger partial charge in [0.1, 0.15) is 0 Å². The van der Waals surface area contributed by atoms with Crippen LogP contribution >= 0.6 is 0 Å². The summed E-state index contributed by atoms with van der Waals surface area (Å²) < 4.78 is 5.29. The smallest absolute Gasteiger partial charge is 0.230 e. The summed E-state index contributed by atoms with van der Waals surface area (Å²) in [5, 5.41) is 3.10. The van der Waals surface area contributed by atoms with Crippen molar-refractivity contribution >= 4 is 11.6 Å². The van der Waals surface area contributed by atoms with E-state index in [4.69, 9.17) is 4.74 Å². The average Bonchev–Trinajstić information content (AvgIpc) is 2.31. The largest absolute Gasteiger partial charge is 0.478 e. The molecule has 0 unspecified atom stereocenters. The van der Waals surface area contributed by atoms with Gasteiger partial charge in [-0.15, -0.1) is 0 Å². The fourth-order valence-electron chi connectivity index (χ4n) is 1.28. The quantitative estimate of drug-likeness (QED) is 0.851. The van der Waals surface area contributed by atoms with Crippen LogP contribution < -0.4 is 10.1 Å². The number of para-hydroxylation sites is 1. The van der Waals surface area contributed by atoms with Gasteiger partial charge in [-0.2, -0.15) is 4.98 Å². The lowest BCUT2D eigenvalue weighted by Crippen LogP contribution is -2.00. The standard InChI is InChI=1S/C12H13N3O/c1-2-16-11-8-9-13-12(15-11)14-10-6-4-3-5-7-10/h3-9H,2H2,1H3,(H,13,14,15). The Labute approximate surface area is 94.3 Å². The second-order valence-corrected chi connectivity index (χ2v) is 3.14. The predicted octanol–water partition coefficient (Wildman–Crippen LogP) is 2.62. The monoisotopic (exact) mass is 215 g/mol. The number of nitrogens with zero attached hydrogens (tertiary/aromatic N) is 2. The molecular weight excluding hydrogens is 202 g/mol. The summed E-state index contributed by atoms with van der Waals surface area (Å²) in [4.78, 5) is 8.33. The van der Waals surface area contributed by atoms with E-state index in [-0.39, 0.29) is 0 Å². The van der Waals surface area contributed by atoms with Crippen molar-refractivity contribution in [2.75, 3.05) is 11.9 Å². The van der Waals surface area contributed by atoms with Gasteiger partial charge in [0.25, 0.3) is 0 Å². The first kappa shape index (κ1) is 10.4. The highest BCUT2D eigenvalue weighted by Crippen LogP contribution is 2.14. The molecule has 16 heavy (non-hydrogen) atoms. The maximum atomic E-state index is 5.29. The minimum Gasteiger partial charge on any atom is -0.478 e. The van der Waals surface area contributed by atoms with Crippen LogP contribution in [-0.2, 0) is 0 Å². The maximum Gasteiger partial charge on any atom is 0.230 e. The minimum absolute atomic E-state index is 0.539. The van der Waals surface area contributed by atoms with E-state index in [0.717, 1.165) is 5.69 Å². The second kappa shape index (κ2) is 5.11. The van der Waals surface area contributed by atoms with Crippen LogP contribution in [-0.4, -0.2) is 16.6 Å². The van der Waals surface area contributed by atoms with E-state index in [0.29, 0.717) is 18.4 Å². The molecule has 0 spiro atoms. The van der Waals surface area contributed by atoms with Crippen LogP contribution in [0.4, 0.5) is 11.6 Å². The van der Waals surface area contributed by atoms with Crippen molar-refractivity contribution in [2.45, 2.75) is 6.92 Å². The number of hydrogen-bond donors (Lipinski definition) is 1. The summed E-state index contributed by atoms with van der Waals surface area (Å²) in [5.41, 5.74) is 0.955. The van der Waals surface area contributed by atoms with Crippen LogP contribution in [0.5, 0.6) is 5.88 Å². The highest BCUT2D eigenvalue weighted by Gasteiger charge is 1.99. The Kier molecular flexibility index (Phi) is 3.33. The highest BCUT2D eigenvalue weighted by atomic mass is 16.5. The van der Waals surface area contributed by atoms with Crippen LogP contribution in [0.3, 0.4) is 0 Å². The van der Waals surface area contributed by atoms with E-state index in [1.165, 1.54) is 0 Å². The first-order chi connectivity index (χ1) is 7.88. The van der Waals surface area contributed by atoms with Crippen molar-refractivity contribution in [2.24, 2.45) is 0 Å². The van der Waals surface area contributed by atoms with Gasteiger partial charge in [0.2, 0.25) is 11.8 Å². The third-order valence-electron chi connectivity index (χ3n) is 1.95.